The summed E-state index contributed by atoms with van der Waals surface area (Å²) >= 11 is 2.03. The summed E-state index contributed by atoms with van der Waals surface area (Å²) in [5, 5.41) is 57.5. The van der Waals surface area contributed by atoms with Gasteiger partial charge < -0.3 is 107 Å². The maximum atomic E-state index is 11.6. The van der Waals surface area contributed by atoms with Crippen molar-refractivity contribution in [1.82, 2.24) is 0 Å². The quantitative estimate of drug-likeness (QED) is 0.0318. The average Bonchev–Trinajstić information content (AvgIpc) is 1.63. The van der Waals surface area contributed by atoms with Crippen molar-refractivity contribution in [3.63, 3.8) is 0 Å². The molecule has 6 aliphatic heterocycles. The number of hydrogen-bond donors (Lipinski definition) is 19. The molecule has 0 aromatic heterocycles. The summed E-state index contributed by atoms with van der Waals surface area (Å²) in [6.07, 6.45) is -14.0. The van der Waals surface area contributed by atoms with Crippen LogP contribution >= 0.6 is 68.2 Å². The van der Waals surface area contributed by atoms with E-state index in [0.29, 0.717) is 0 Å². The Kier molecular flexibility index (Phi) is 40.1. The third-order valence-corrected chi connectivity index (χ3v) is 24.3. The molecule has 6 rings (SSSR count). The second-order valence-electron chi connectivity index (χ2n) is 21.7. The van der Waals surface area contributed by atoms with Crippen LogP contribution in [0.15, 0.2) is 0 Å². The Morgan fingerprint density at radius 1 is 0.312 bits per heavy atom. The van der Waals surface area contributed by atoms with Crippen molar-refractivity contribution >= 4 is 138 Å². The van der Waals surface area contributed by atoms with Gasteiger partial charge in [-0.2, -0.15) is 0 Å². The van der Waals surface area contributed by atoms with Crippen LogP contribution in [-0.2, 0) is 105 Å². The van der Waals surface area contributed by atoms with E-state index in [0.717, 1.165) is 6.66 Å². The first-order chi connectivity index (χ1) is 43.0. The molecule has 0 amide bonds. The molecule has 6 aliphatic rings. The molecule has 6 fully saturated rings. The van der Waals surface area contributed by atoms with Gasteiger partial charge >= 0.3 is 159 Å². The molecule has 0 bridgehead atoms. The van der Waals surface area contributed by atoms with Crippen LogP contribution in [0.3, 0.4) is 0 Å². The molecular weight excluding hydrogens is 1550 g/mol. The number of phosphoric ester groups is 3. The summed E-state index contributed by atoms with van der Waals surface area (Å²) in [5.41, 5.74) is 0. The molecular formula is C37H76B7O42P9Se. The first-order valence-corrected chi connectivity index (χ1v) is 43.7. The standard InChI is InChI=1S/C7H15BO8P2.C6H12B2O8P2.C6H13BO8P2Se.3C6H12BO6P/c1-4-6(9)5(15-7(4)8)3-14-17(2,10)16-18(11,12)13;1-3-5(9)4(15-6(3)7)2-14-17(8,10)16-18(11,12)13;1-3-5(8)4(14-6(3)7)2-13-17(12,18)15-16(9,10)11;3*1-3-5(8)4(13-6(3)7)2-12-14(9,10)11/h4-7,9H,3H2,1-2H3,(H2,11,12,13);3-6,9H,2H2,1H3,(H2,11,12,13);3-6,8H,2H2,1H3,(H,12,18)(H2,9,10,11);3*3-6,8H,2H2,1H3,(H2,9,10,11)/t4?,5-,6+,7-,17?;2*3?,4-,5+,6-,17?;3*3?,4-,5+,6-/m111111/s1. The molecule has 27 atom stereocenters. The van der Waals surface area contributed by atoms with Gasteiger partial charge in [0.25, 0.3) is 7.47 Å². The third-order valence-electron chi connectivity index (χ3n) is 13.8. The molecule has 0 aromatic carbocycles. The van der Waals surface area contributed by atoms with Crippen LogP contribution in [0.1, 0.15) is 41.5 Å². The second-order valence-corrected chi connectivity index (χ2v) is 37.5. The van der Waals surface area contributed by atoms with Crippen LogP contribution in [-0.4, -0.2) is 320 Å². The largest absolute Gasteiger partial charge is 0.476 e. The van der Waals surface area contributed by atoms with Gasteiger partial charge in [-0.15, -0.1) is 0 Å². The SMILES string of the molecule is [B][C@@H]1O[C@H](COP(=O)(O)O)[C@@H](O)C1C.[B][C@@H]1O[C@H](COP(=O)(O)O)[C@@H](O)C1C.[B][C@@H]1O[C@H](COP(=O)(O)O)[C@@H](O)C1C.[B][C@@H]1O[C@H](COP(C)(=O)OP(=O)(O)O)[C@@H](O)C1C.[B][C@@H]1O[C@H](COP(O)(=[Se])OP(=O)(O)O)[C@@H](O)C1C.[B][C@@H]1O[C@H](COP([B])(=O)OP(=O)(O)O)[C@@H](O)C1C. The van der Waals surface area contributed by atoms with E-state index < -0.39 is 184 Å². The summed E-state index contributed by atoms with van der Waals surface area (Å²) in [5.74, 6) is -1.83. The van der Waals surface area contributed by atoms with Gasteiger partial charge in [-0.1, -0.05) is 34.6 Å². The van der Waals surface area contributed by atoms with Crippen LogP contribution in [0.25, 0.3) is 0 Å². The normalized spacial score (nSPS) is 37.5. The van der Waals surface area contributed by atoms with E-state index in [1.807, 2.05) is 15.1 Å². The molecule has 0 aliphatic carbocycles. The summed E-state index contributed by atoms with van der Waals surface area (Å²) < 4.78 is 155. The molecule has 6 heterocycles. The molecule has 0 aromatic rings. The van der Waals surface area contributed by atoms with Gasteiger partial charge in [0.05, 0.1) is 63.6 Å². The summed E-state index contributed by atoms with van der Waals surface area (Å²) in [6.45, 7) is 8.74. The number of hydrogen-bond acceptors (Lipinski definition) is 30. The zero-order valence-electron chi connectivity index (χ0n) is 51.5. The van der Waals surface area contributed by atoms with Gasteiger partial charge in [0, 0.05) is 66.3 Å². The molecule has 14 radical (unpaired) electrons. The Balaban J connectivity index is 0.000000578. The van der Waals surface area contributed by atoms with E-state index in [1.54, 1.807) is 41.5 Å². The fourth-order valence-electron chi connectivity index (χ4n) is 8.07. The first kappa shape index (κ1) is 95.9. The first-order valence-electron chi connectivity index (χ1n) is 27.2. The Bertz CT molecular complexity index is 2540. The van der Waals surface area contributed by atoms with Crippen molar-refractivity contribution in [2.24, 2.45) is 35.5 Å². The number of aliphatic hydroxyl groups is 6. The topological polar surface area (TPSA) is 659 Å². The van der Waals surface area contributed by atoms with Crippen molar-refractivity contribution < 1.29 is 199 Å². The Hall–Kier alpha value is 1.88. The molecule has 19 N–H and O–H groups in total. The Morgan fingerprint density at radius 3 is 0.677 bits per heavy atom. The van der Waals surface area contributed by atoms with Crippen molar-refractivity contribution in [3.8, 4) is 0 Å². The minimum atomic E-state index is -5.03. The van der Waals surface area contributed by atoms with Crippen molar-refractivity contribution in [2.45, 2.75) is 151 Å². The van der Waals surface area contributed by atoms with Gasteiger partial charge in [0.2, 0.25) is 7.57 Å². The van der Waals surface area contributed by atoms with Crippen LogP contribution < -0.4 is 0 Å². The Labute approximate surface area is 567 Å². The van der Waals surface area contributed by atoms with Crippen LogP contribution in [0.4, 0.5) is 0 Å². The zero-order valence-corrected chi connectivity index (χ0v) is 61.2. The monoisotopic (exact) mass is 1630 g/mol. The molecule has 548 valence electrons. The van der Waals surface area contributed by atoms with Crippen LogP contribution in [0.5, 0.6) is 0 Å². The van der Waals surface area contributed by atoms with Crippen molar-refractivity contribution in [1.29, 1.82) is 0 Å². The van der Waals surface area contributed by atoms with Gasteiger partial charge in [-0.05, 0) is 0 Å². The minimum Gasteiger partial charge on any atom is -0.390 e. The molecule has 0 spiro atoms. The summed E-state index contributed by atoms with van der Waals surface area (Å²) in [6, 6.07) is -3.94. The molecule has 42 nitrogen and oxygen atoms in total. The summed E-state index contributed by atoms with van der Waals surface area (Å²) in [4.78, 5) is 111. The Morgan fingerprint density at radius 2 is 0.500 bits per heavy atom. The predicted octanol–water partition coefficient (Wildman–Crippen LogP) is -5.10. The fraction of sp³-hybridized carbons (Fsp3) is 1.00. The summed E-state index contributed by atoms with van der Waals surface area (Å²) in [7, 11) is 1.23. The number of phosphoric acid groups is 6. The van der Waals surface area contributed by atoms with E-state index in [9.17, 15) is 72.1 Å². The zero-order chi connectivity index (χ0) is 75.2. The van der Waals surface area contributed by atoms with Gasteiger partial charge in [0.15, 0.2) is 0 Å². The molecule has 9 unspecified atom stereocenters. The van der Waals surface area contributed by atoms with E-state index in [-0.39, 0.29) is 68.5 Å². The van der Waals surface area contributed by atoms with E-state index in [4.69, 9.17) is 151 Å². The molecule has 96 heavy (non-hydrogen) atoms. The van der Waals surface area contributed by atoms with Gasteiger partial charge in [-0.25, -0.2) is 31.4 Å². The second kappa shape index (κ2) is 40.2. The van der Waals surface area contributed by atoms with Crippen LogP contribution in [0.2, 0.25) is 0 Å². The molecule has 0 saturated carbocycles. The smallest absolute Gasteiger partial charge is 0.390 e. The fourth-order valence-corrected chi connectivity index (χ4v) is 16.6. The van der Waals surface area contributed by atoms with Crippen molar-refractivity contribution in [3.05, 3.63) is 0 Å². The minimum absolute atomic E-state index is 0.277. The number of rotatable bonds is 24. The van der Waals surface area contributed by atoms with Gasteiger partial charge in [-0.3, -0.25) is 22.7 Å². The third kappa shape index (κ3) is 37.4. The maximum absolute atomic E-state index is 11.6. The van der Waals surface area contributed by atoms with Crippen LogP contribution in [0, 0.1) is 35.5 Å². The average molecular weight is 1630 g/mol. The predicted molar refractivity (Wildman–Crippen MR) is 331 cm³/mol. The van der Waals surface area contributed by atoms with E-state index >= 15 is 0 Å². The van der Waals surface area contributed by atoms with E-state index in [1.165, 1.54) is 0 Å². The van der Waals surface area contributed by atoms with E-state index in [2.05, 4.69) is 31.0 Å². The van der Waals surface area contributed by atoms with Gasteiger partial charge in [0.1, 0.15) is 69.8 Å². The molecule has 59 heteroatoms. The molecule has 6 saturated heterocycles. The number of ether oxygens (including phenoxy) is 6. The van der Waals surface area contributed by atoms with Crippen molar-refractivity contribution in [2.75, 3.05) is 46.3 Å². The number of aliphatic hydroxyl groups excluding tert-OH is 6. The maximum Gasteiger partial charge on any atom is 0.476 e.